The SMILES string of the molecule is O=C(O)CC1(NC(=O)c2ccc(S(=O)(=O)C3CCCC3)cc2)CCCC1. The molecule has 0 atom stereocenters. The Balaban J connectivity index is 1.73. The van der Waals surface area contributed by atoms with E-state index >= 15 is 0 Å². The first-order valence-electron chi connectivity index (χ1n) is 9.21. The third-order valence-corrected chi connectivity index (χ3v) is 7.89. The van der Waals surface area contributed by atoms with Crippen LogP contribution < -0.4 is 5.32 Å². The molecule has 1 amide bonds. The molecule has 2 fully saturated rings. The summed E-state index contributed by atoms with van der Waals surface area (Å²) in [5, 5.41) is 11.7. The van der Waals surface area contributed by atoms with Gasteiger partial charge in [-0.3, -0.25) is 9.59 Å². The molecule has 1 aromatic carbocycles. The number of hydrogen-bond acceptors (Lipinski definition) is 4. The number of carbonyl (C=O) groups excluding carboxylic acids is 1. The number of rotatable bonds is 6. The lowest BCUT2D eigenvalue weighted by atomic mass is 9.92. The summed E-state index contributed by atoms with van der Waals surface area (Å²) in [5.74, 6) is -1.27. The third kappa shape index (κ3) is 3.92. The molecule has 0 saturated heterocycles. The zero-order chi connectivity index (χ0) is 18.8. The minimum atomic E-state index is -3.34. The molecule has 7 heteroatoms. The Morgan fingerprint density at radius 2 is 1.62 bits per heavy atom. The largest absolute Gasteiger partial charge is 0.481 e. The number of carbonyl (C=O) groups is 2. The van der Waals surface area contributed by atoms with Crippen LogP contribution in [0.4, 0.5) is 0 Å². The van der Waals surface area contributed by atoms with Crippen molar-refractivity contribution in [3.8, 4) is 0 Å². The standard InChI is InChI=1S/C19H25NO5S/c21-17(22)13-19(11-3-4-12-19)20-18(23)14-7-9-16(10-8-14)26(24,25)15-5-1-2-6-15/h7-10,15H,1-6,11-13H2,(H,20,23)(H,21,22). The topological polar surface area (TPSA) is 101 Å². The van der Waals surface area contributed by atoms with Crippen molar-refractivity contribution < 1.29 is 23.1 Å². The zero-order valence-corrected chi connectivity index (χ0v) is 15.6. The molecule has 0 spiro atoms. The summed E-state index contributed by atoms with van der Waals surface area (Å²) in [4.78, 5) is 23.9. The van der Waals surface area contributed by atoms with E-state index < -0.39 is 21.3 Å². The second kappa shape index (κ2) is 7.39. The Bertz CT molecular complexity index is 773. The molecule has 0 aromatic heterocycles. The number of aliphatic carboxylic acids is 1. The number of carboxylic acids is 1. The summed E-state index contributed by atoms with van der Waals surface area (Å²) in [6.07, 6.45) is 6.28. The number of nitrogens with one attached hydrogen (secondary N) is 1. The maximum Gasteiger partial charge on any atom is 0.305 e. The quantitative estimate of drug-likeness (QED) is 0.791. The summed E-state index contributed by atoms with van der Waals surface area (Å²) < 4.78 is 25.2. The second-order valence-corrected chi connectivity index (χ2v) is 9.72. The highest BCUT2D eigenvalue weighted by atomic mass is 32.2. The number of amides is 1. The fourth-order valence-corrected chi connectivity index (χ4v) is 6.04. The Morgan fingerprint density at radius 3 is 2.15 bits per heavy atom. The maximum atomic E-state index is 12.6. The molecule has 6 nitrogen and oxygen atoms in total. The normalized spacial score (nSPS) is 20.2. The van der Waals surface area contributed by atoms with Crippen LogP contribution in [0.2, 0.25) is 0 Å². The van der Waals surface area contributed by atoms with Crippen molar-refractivity contribution in [2.45, 2.75) is 73.5 Å². The van der Waals surface area contributed by atoms with Gasteiger partial charge in [0.15, 0.2) is 9.84 Å². The molecule has 2 N–H and O–H groups in total. The minimum absolute atomic E-state index is 0.0904. The maximum absolute atomic E-state index is 12.6. The van der Waals surface area contributed by atoms with Crippen molar-refractivity contribution in [1.29, 1.82) is 0 Å². The van der Waals surface area contributed by atoms with Gasteiger partial charge in [-0.15, -0.1) is 0 Å². The Labute approximate surface area is 153 Å². The summed E-state index contributed by atoms with van der Waals surface area (Å²) >= 11 is 0. The van der Waals surface area contributed by atoms with Gasteiger partial charge in [-0.25, -0.2) is 8.42 Å². The van der Waals surface area contributed by atoms with Crippen molar-refractivity contribution in [3.63, 3.8) is 0 Å². The number of hydrogen-bond donors (Lipinski definition) is 2. The van der Waals surface area contributed by atoms with E-state index in [1.807, 2.05) is 0 Å². The molecule has 2 saturated carbocycles. The fraction of sp³-hybridized carbons (Fsp3) is 0.579. The molecule has 1 aromatic rings. The molecular weight excluding hydrogens is 354 g/mol. The van der Waals surface area contributed by atoms with E-state index in [1.165, 1.54) is 24.3 Å². The van der Waals surface area contributed by atoms with Crippen molar-refractivity contribution >= 4 is 21.7 Å². The molecule has 2 aliphatic rings. The van der Waals surface area contributed by atoms with Crippen LogP contribution in [0.15, 0.2) is 29.2 Å². The molecule has 142 valence electrons. The predicted octanol–water partition coefficient (Wildman–Crippen LogP) is 2.92. The lowest BCUT2D eigenvalue weighted by molar-refractivity contribution is -0.138. The van der Waals surface area contributed by atoms with Gasteiger partial charge in [0.05, 0.1) is 22.1 Å². The molecule has 0 heterocycles. The van der Waals surface area contributed by atoms with Gasteiger partial charge in [0.1, 0.15) is 0 Å². The summed E-state index contributed by atoms with van der Waals surface area (Å²) in [5.41, 5.74) is -0.343. The van der Waals surface area contributed by atoms with Gasteiger partial charge < -0.3 is 10.4 Å². The van der Waals surface area contributed by atoms with E-state index in [0.717, 1.165) is 25.7 Å². The van der Waals surface area contributed by atoms with Gasteiger partial charge in [-0.2, -0.15) is 0 Å². The summed E-state index contributed by atoms with van der Waals surface area (Å²) in [6.45, 7) is 0. The van der Waals surface area contributed by atoms with E-state index in [4.69, 9.17) is 5.11 Å². The lowest BCUT2D eigenvalue weighted by Gasteiger charge is -2.28. The smallest absolute Gasteiger partial charge is 0.305 e. The van der Waals surface area contributed by atoms with Crippen LogP contribution in [0, 0.1) is 0 Å². The van der Waals surface area contributed by atoms with Crippen LogP contribution in [0.25, 0.3) is 0 Å². The van der Waals surface area contributed by atoms with Gasteiger partial charge in [0, 0.05) is 5.56 Å². The lowest BCUT2D eigenvalue weighted by Crippen LogP contribution is -2.47. The van der Waals surface area contributed by atoms with Gasteiger partial charge in [0.2, 0.25) is 0 Å². The predicted molar refractivity (Wildman–Crippen MR) is 96.8 cm³/mol. The van der Waals surface area contributed by atoms with Crippen LogP contribution in [0.3, 0.4) is 0 Å². The third-order valence-electron chi connectivity index (χ3n) is 5.62. The number of sulfone groups is 1. The van der Waals surface area contributed by atoms with E-state index in [-0.39, 0.29) is 22.5 Å². The minimum Gasteiger partial charge on any atom is -0.481 e. The average Bonchev–Trinajstić information content (AvgIpc) is 3.27. The molecule has 0 bridgehead atoms. The van der Waals surface area contributed by atoms with Crippen LogP contribution in [-0.4, -0.2) is 36.2 Å². The Hall–Kier alpha value is -1.89. The first-order chi connectivity index (χ1) is 12.3. The molecule has 0 radical (unpaired) electrons. The van der Waals surface area contributed by atoms with E-state index in [9.17, 15) is 18.0 Å². The summed E-state index contributed by atoms with van der Waals surface area (Å²) in [7, 11) is -3.34. The van der Waals surface area contributed by atoms with Crippen molar-refractivity contribution in [2.24, 2.45) is 0 Å². The van der Waals surface area contributed by atoms with E-state index in [0.29, 0.717) is 31.2 Å². The average molecular weight is 379 g/mol. The molecule has 2 aliphatic carbocycles. The monoisotopic (exact) mass is 379 g/mol. The Kier molecular flexibility index (Phi) is 5.37. The molecule has 0 unspecified atom stereocenters. The van der Waals surface area contributed by atoms with Gasteiger partial charge in [-0.05, 0) is 49.9 Å². The molecule has 0 aliphatic heterocycles. The number of carboxylic acid groups (broad SMARTS) is 1. The number of benzene rings is 1. The second-order valence-electron chi connectivity index (χ2n) is 7.49. The highest BCUT2D eigenvalue weighted by Gasteiger charge is 2.37. The first kappa shape index (κ1) is 18.9. The van der Waals surface area contributed by atoms with Crippen molar-refractivity contribution in [1.82, 2.24) is 5.32 Å². The first-order valence-corrected chi connectivity index (χ1v) is 10.8. The molecular formula is C19H25NO5S. The molecule has 3 rings (SSSR count). The van der Waals surface area contributed by atoms with Crippen LogP contribution in [0.1, 0.15) is 68.1 Å². The van der Waals surface area contributed by atoms with E-state index in [1.54, 1.807) is 0 Å². The zero-order valence-electron chi connectivity index (χ0n) is 14.7. The highest BCUT2D eigenvalue weighted by Crippen LogP contribution is 2.33. The van der Waals surface area contributed by atoms with Crippen LogP contribution >= 0.6 is 0 Å². The van der Waals surface area contributed by atoms with Gasteiger partial charge in [0.25, 0.3) is 5.91 Å². The molecule has 26 heavy (non-hydrogen) atoms. The van der Waals surface area contributed by atoms with Crippen molar-refractivity contribution in [3.05, 3.63) is 29.8 Å². The van der Waals surface area contributed by atoms with Crippen LogP contribution in [0.5, 0.6) is 0 Å². The van der Waals surface area contributed by atoms with Crippen LogP contribution in [-0.2, 0) is 14.6 Å². The highest BCUT2D eigenvalue weighted by molar-refractivity contribution is 7.92. The van der Waals surface area contributed by atoms with Gasteiger partial charge >= 0.3 is 5.97 Å². The van der Waals surface area contributed by atoms with E-state index in [2.05, 4.69) is 5.32 Å². The van der Waals surface area contributed by atoms with Crippen molar-refractivity contribution in [2.75, 3.05) is 0 Å². The van der Waals surface area contributed by atoms with Gasteiger partial charge in [-0.1, -0.05) is 25.7 Å². The summed E-state index contributed by atoms with van der Waals surface area (Å²) in [6, 6.07) is 6.00. The fourth-order valence-electron chi connectivity index (χ4n) is 4.19. The Morgan fingerprint density at radius 1 is 1.04 bits per heavy atom.